The number of nitrogens with two attached hydrogens (primary N) is 2. The van der Waals surface area contributed by atoms with E-state index in [2.05, 4.69) is 32.6 Å². The van der Waals surface area contributed by atoms with Crippen LogP contribution < -0.4 is 16.8 Å². The molecule has 0 aliphatic heterocycles. The smallest absolute Gasteiger partial charge is 0.272 e. The summed E-state index contributed by atoms with van der Waals surface area (Å²) in [6, 6.07) is 21.3. The van der Waals surface area contributed by atoms with Crippen LogP contribution in [0.15, 0.2) is 76.9 Å². The van der Waals surface area contributed by atoms with Crippen molar-refractivity contribution in [3.05, 3.63) is 78.0 Å². The van der Waals surface area contributed by atoms with Crippen molar-refractivity contribution in [2.45, 2.75) is 6.92 Å². The zero-order valence-corrected chi connectivity index (χ0v) is 15.8. The van der Waals surface area contributed by atoms with Crippen LogP contribution in [0.4, 0.5) is 5.69 Å². The van der Waals surface area contributed by atoms with Gasteiger partial charge >= 0.3 is 0 Å². The fourth-order valence-corrected chi connectivity index (χ4v) is 3.19. The number of aromatic nitrogens is 1. The van der Waals surface area contributed by atoms with Crippen molar-refractivity contribution in [2.75, 3.05) is 5.32 Å². The second-order valence-electron chi connectivity index (χ2n) is 6.67. The predicted octanol–water partition coefficient (Wildman–Crippen LogP) is 3.57. The van der Waals surface area contributed by atoms with Gasteiger partial charge in [-0.25, -0.2) is 0 Å². The van der Waals surface area contributed by atoms with Gasteiger partial charge in [-0.15, -0.1) is 5.10 Å². The molecule has 3 aromatic carbocycles. The molecule has 0 radical (unpaired) electrons. The van der Waals surface area contributed by atoms with E-state index < -0.39 is 0 Å². The van der Waals surface area contributed by atoms with E-state index in [0.717, 1.165) is 27.2 Å². The highest BCUT2D eigenvalue weighted by molar-refractivity contribution is 6.12. The lowest BCUT2D eigenvalue weighted by atomic mass is 10.1. The van der Waals surface area contributed by atoms with Crippen LogP contribution in [0.25, 0.3) is 21.7 Å². The van der Waals surface area contributed by atoms with Gasteiger partial charge in [0.25, 0.3) is 5.91 Å². The molecular weight excluding hydrogens is 364 g/mol. The lowest BCUT2D eigenvalue weighted by Crippen LogP contribution is -2.22. The monoisotopic (exact) mass is 384 g/mol. The topological polar surface area (TPSA) is 122 Å². The minimum absolute atomic E-state index is 0.0978. The molecule has 0 unspecified atom stereocenters. The van der Waals surface area contributed by atoms with E-state index in [4.69, 9.17) is 11.5 Å². The number of guanidine groups is 1. The first-order chi connectivity index (χ1) is 14.0. The van der Waals surface area contributed by atoms with Crippen LogP contribution in [-0.4, -0.2) is 22.6 Å². The van der Waals surface area contributed by atoms with E-state index in [1.807, 2.05) is 42.5 Å². The highest BCUT2D eigenvalue weighted by atomic mass is 16.1. The van der Waals surface area contributed by atoms with E-state index in [0.29, 0.717) is 17.1 Å². The second-order valence-corrected chi connectivity index (χ2v) is 6.67. The molecule has 6 N–H and O–H groups in total. The van der Waals surface area contributed by atoms with Gasteiger partial charge in [-0.3, -0.25) is 4.79 Å². The molecular formula is C22H20N6O. The molecule has 0 aliphatic carbocycles. The fraction of sp³-hybridized carbons (Fsp3) is 0.0455. The summed E-state index contributed by atoms with van der Waals surface area (Å²) in [5.74, 6) is -0.303. The quantitative estimate of drug-likeness (QED) is 0.244. The zero-order chi connectivity index (χ0) is 20.4. The molecule has 0 bridgehead atoms. The molecule has 4 rings (SSSR count). The summed E-state index contributed by atoms with van der Waals surface area (Å²) in [7, 11) is 0. The number of rotatable bonds is 4. The summed E-state index contributed by atoms with van der Waals surface area (Å²) in [4.78, 5) is 15.9. The number of nitrogens with one attached hydrogen (secondary N) is 2. The Kier molecular flexibility index (Phi) is 4.70. The number of hydrogen-bond acceptors (Lipinski definition) is 3. The Morgan fingerprint density at radius 1 is 0.931 bits per heavy atom. The van der Waals surface area contributed by atoms with Crippen molar-refractivity contribution in [1.82, 2.24) is 4.98 Å². The predicted molar refractivity (Wildman–Crippen MR) is 118 cm³/mol. The van der Waals surface area contributed by atoms with Crippen LogP contribution in [0, 0.1) is 0 Å². The number of hydrogen-bond donors (Lipinski definition) is 4. The minimum Gasteiger partial charge on any atom is -0.369 e. The number of H-pyrrole nitrogens is 1. The standard InChI is InChI=1S/C22H20N6O/c1-13(27-28-22(23)24)14-6-9-16(10-7-14)25-21(29)20-12-18-17-5-3-2-4-15(17)8-11-19(18)26-20/h2-12,26H,1H3,(H,25,29)(H4,23,24,28)/b27-13+. The normalized spacial score (nSPS) is 11.6. The Labute approximate surface area is 167 Å². The molecule has 4 aromatic rings. The first kappa shape index (κ1) is 18.2. The summed E-state index contributed by atoms with van der Waals surface area (Å²) in [6.07, 6.45) is 0. The number of carbonyl (C=O) groups is 1. The number of nitrogens with zero attached hydrogens (tertiary/aromatic N) is 2. The van der Waals surface area contributed by atoms with Gasteiger partial charge in [-0.1, -0.05) is 42.5 Å². The summed E-state index contributed by atoms with van der Waals surface area (Å²) in [6.45, 7) is 1.80. The highest BCUT2D eigenvalue weighted by Crippen LogP contribution is 2.26. The molecule has 0 spiro atoms. The number of fused-ring (bicyclic) bond motifs is 3. The van der Waals surface area contributed by atoms with Gasteiger partial charge in [-0.2, -0.15) is 5.10 Å². The second kappa shape index (κ2) is 7.47. The molecule has 0 aliphatic rings. The molecule has 1 aromatic heterocycles. The Balaban J connectivity index is 1.56. The third-order valence-electron chi connectivity index (χ3n) is 4.65. The van der Waals surface area contributed by atoms with E-state index in [-0.39, 0.29) is 11.9 Å². The Hall–Kier alpha value is -4.13. The fourth-order valence-electron chi connectivity index (χ4n) is 3.19. The maximum atomic E-state index is 12.7. The number of benzene rings is 3. The minimum atomic E-state index is -0.205. The molecule has 7 nitrogen and oxygen atoms in total. The van der Waals surface area contributed by atoms with Gasteiger partial charge in [0.15, 0.2) is 0 Å². The number of anilines is 1. The van der Waals surface area contributed by atoms with Crippen LogP contribution in [0.3, 0.4) is 0 Å². The summed E-state index contributed by atoms with van der Waals surface area (Å²) < 4.78 is 0. The zero-order valence-electron chi connectivity index (χ0n) is 15.8. The first-order valence-electron chi connectivity index (χ1n) is 9.07. The molecule has 144 valence electrons. The van der Waals surface area contributed by atoms with E-state index in [9.17, 15) is 4.79 Å². The molecule has 0 saturated heterocycles. The number of aromatic amines is 1. The van der Waals surface area contributed by atoms with Crippen LogP contribution in [0.2, 0.25) is 0 Å². The van der Waals surface area contributed by atoms with Gasteiger partial charge < -0.3 is 21.8 Å². The van der Waals surface area contributed by atoms with Crippen molar-refractivity contribution in [3.63, 3.8) is 0 Å². The lowest BCUT2D eigenvalue weighted by molar-refractivity contribution is 0.102. The molecule has 0 atom stereocenters. The van der Waals surface area contributed by atoms with Crippen molar-refractivity contribution in [1.29, 1.82) is 0 Å². The summed E-state index contributed by atoms with van der Waals surface area (Å²) >= 11 is 0. The molecule has 1 heterocycles. The highest BCUT2D eigenvalue weighted by Gasteiger charge is 2.12. The van der Waals surface area contributed by atoms with Gasteiger partial charge in [0.1, 0.15) is 5.69 Å². The van der Waals surface area contributed by atoms with Crippen molar-refractivity contribution >= 4 is 44.9 Å². The maximum absolute atomic E-state index is 12.7. The van der Waals surface area contributed by atoms with Crippen molar-refractivity contribution < 1.29 is 4.79 Å². The molecule has 29 heavy (non-hydrogen) atoms. The van der Waals surface area contributed by atoms with Gasteiger partial charge in [0.05, 0.1) is 5.71 Å². The van der Waals surface area contributed by atoms with E-state index in [1.54, 1.807) is 19.1 Å². The molecule has 0 saturated carbocycles. The van der Waals surface area contributed by atoms with Crippen LogP contribution in [0.5, 0.6) is 0 Å². The SMILES string of the molecule is C/C(=N\N=C(N)N)c1ccc(NC(=O)c2cc3c(ccc4ccccc43)[nH]2)cc1. The van der Waals surface area contributed by atoms with Gasteiger partial charge in [-0.05, 0) is 47.5 Å². The molecule has 7 heteroatoms. The van der Waals surface area contributed by atoms with Gasteiger partial charge in [0, 0.05) is 16.6 Å². The van der Waals surface area contributed by atoms with Crippen molar-refractivity contribution in [2.24, 2.45) is 21.7 Å². The third-order valence-corrected chi connectivity index (χ3v) is 4.65. The number of carbonyl (C=O) groups excluding carboxylic acids is 1. The molecule has 0 fully saturated rings. The number of amides is 1. The Morgan fingerprint density at radius 2 is 1.69 bits per heavy atom. The maximum Gasteiger partial charge on any atom is 0.272 e. The Bertz CT molecular complexity index is 1260. The van der Waals surface area contributed by atoms with Crippen molar-refractivity contribution in [3.8, 4) is 0 Å². The lowest BCUT2D eigenvalue weighted by Gasteiger charge is -2.05. The average molecular weight is 384 g/mol. The average Bonchev–Trinajstić information content (AvgIpc) is 3.17. The first-order valence-corrected chi connectivity index (χ1v) is 9.07. The van der Waals surface area contributed by atoms with E-state index in [1.165, 1.54) is 0 Å². The summed E-state index contributed by atoms with van der Waals surface area (Å²) in [5, 5.41) is 13.8. The third kappa shape index (κ3) is 3.79. The molecule has 1 amide bonds. The Morgan fingerprint density at radius 3 is 2.45 bits per heavy atom. The van der Waals surface area contributed by atoms with Crippen LogP contribution in [-0.2, 0) is 0 Å². The van der Waals surface area contributed by atoms with Gasteiger partial charge in [0.2, 0.25) is 5.96 Å². The van der Waals surface area contributed by atoms with E-state index >= 15 is 0 Å². The largest absolute Gasteiger partial charge is 0.369 e. The summed E-state index contributed by atoms with van der Waals surface area (Å²) in [5.41, 5.74) is 14.2. The van der Waals surface area contributed by atoms with Crippen LogP contribution >= 0.6 is 0 Å². The van der Waals surface area contributed by atoms with Crippen LogP contribution in [0.1, 0.15) is 23.0 Å².